The minimum Gasteiger partial charge on any atom is -0.381 e. The van der Waals surface area contributed by atoms with Crippen LogP contribution in [0.15, 0.2) is 30.3 Å². The summed E-state index contributed by atoms with van der Waals surface area (Å²) in [6, 6.07) is 10.4. The summed E-state index contributed by atoms with van der Waals surface area (Å²) in [5.74, 6) is 0.193. The highest BCUT2D eigenvalue weighted by Gasteiger charge is 1.94. The van der Waals surface area contributed by atoms with Gasteiger partial charge in [0.05, 0.1) is 6.61 Å². The quantitative estimate of drug-likeness (QED) is 0.641. The summed E-state index contributed by atoms with van der Waals surface area (Å²) < 4.78 is 5.35. The maximum atomic E-state index is 10.6. The van der Waals surface area contributed by atoms with Gasteiger partial charge in [-0.15, -0.1) is 0 Å². The topological polar surface area (TPSA) is 26.3 Å². The summed E-state index contributed by atoms with van der Waals surface area (Å²) in [4.78, 5) is 10.6. The van der Waals surface area contributed by atoms with Gasteiger partial charge in [0.25, 0.3) is 0 Å². The summed E-state index contributed by atoms with van der Waals surface area (Å²) in [6.45, 7) is 2.89. The van der Waals surface area contributed by atoms with E-state index in [-0.39, 0.29) is 5.78 Å². The molecule has 0 N–H and O–H groups in total. The van der Waals surface area contributed by atoms with Crippen LogP contribution in [0.2, 0.25) is 0 Å². The van der Waals surface area contributed by atoms with Crippen molar-refractivity contribution in [3.05, 3.63) is 35.9 Å². The molecule has 15 heavy (non-hydrogen) atoms. The van der Waals surface area contributed by atoms with Crippen LogP contribution in [-0.4, -0.2) is 19.0 Å². The molecule has 0 unspecified atom stereocenters. The molecule has 1 aromatic carbocycles. The van der Waals surface area contributed by atoms with Gasteiger partial charge in [-0.1, -0.05) is 30.3 Å². The molecule has 0 aliphatic heterocycles. The Morgan fingerprint density at radius 1 is 1.20 bits per heavy atom. The Bertz CT molecular complexity index is 280. The molecule has 0 aromatic heterocycles. The first-order chi connectivity index (χ1) is 7.29. The lowest BCUT2D eigenvalue weighted by Crippen LogP contribution is -2.02. The third kappa shape index (κ3) is 6.02. The Kier molecular flexibility index (Phi) is 5.71. The van der Waals surface area contributed by atoms with Crippen LogP contribution >= 0.6 is 0 Å². The van der Waals surface area contributed by atoms with Gasteiger partial charge >= 0.3 is 0 Å². The molecule has 2 heteroatoms. The van der Waals surface area contributed by atoms with Crippen molar-refractivity contribution in [1.29, 1.82) is 0 Å². The lowest BCUT2D eigenvalue weighted by atomic mass is 10.1. The molecule has 2 nitrogen and oxygen atoms in total. The number of Topliss-reactive ketones (excluding diaryl/α,β-unsaturated/α-hetero) is 1. The van der Waals surface area contributed by atoms with Crippen molar-refractivity contribution in [2.45, 2.75) is 26.2 Å². The molecule has 0 fully saturated rings. The lowest BCUT2D eigenvalue weighted by molar-refractivity contribution is -0.118. The molecule has 0 saturated carbocycles. The predicted molar refractivity (Wildman–Crippen MR) is 60.9 cm³/mol. The third-order valence-corrected chi connectivity index (χ3v) is 2.20. The SMILES string of the molecule is CC(=O)CCOCCCc1ccccc1. The van der Waals surface area contributed by atoms with Crippen molar-refractivity contribution < 1.29 is 9.53 Å². The molecule has 0 atom stereocenters. The Balaban J connectivity index is 2.00. The first kappa shape index (κ1) is 11.9. The first-order valence-corrected chi connectivity index (χ1v) is 5.40. The molecule has 0 heterocycles. The number of hydrogen-bond acceptors (Lipinski definition) is 2. The minimum atomic E-state index is 0.193. The standard InChI is InChI=1S/C13H18O2/c1-12(14)9-11-15-10-5-8-13-6-3-2-4-7-13/h2-4,6-7H,5,8-11H2,1H3. The third-order valence-electron chi connectivity index (χ3n) is 2.20. The van der Waals surface area contributed by atoms with Crippen LogP contribution in [0.5, 0.6) is 0 Å². The van der Waals surface area contributed by atoms with E-state index in [0.29, 0.717) is 13.0 Å². The Labute approximate surface area is 91.3 Å². The minimum absolute atomic E-state index is 0.193. The van der Waals surface area contributed by atoms with Gasteiger partial charge < -0.3 is 4.74 Å². The highest BCUT2D eigenvalue weighted by Crippen LogP contribution is 2.02. The van der Waals surface area contributed by atoms with E-state index >= 15 is 0 Å². The van der Waals surface area contributed by atoms with Gasteiger partial charge in [0.2, 0.25) is 0 Å². The molecule has 82 valence electrons. The Morgan fingerprint density at radius 2 is 1.93 bits per heavy atom. The molecule has 0 aliphatic carbocycles. The zero-order chi connectivity index (χ0) is 10.9. The fourth-order valence-electron chi connectivity index (χ4n) is 1.34. The van der Waals surface area contributed by atoms with Crippen molar-refractivity contribution in [3.63, 3.8) is 0 Å². The molecule has 1 aromatic rings. The zero-order valence-corrected chi connectivity index (χ0v) is 9.24. The number of carbonyl (C=O) groups is 1. The number of aryl methyl sites for hydroxylation is 1. The molecule has 0 aliphatic rings. The molecular formula is C13H18O2. The summed E-state index contributed by atoms with van der Waals surface area (Å²) in [5.41, 5.74) is 1.34. The molecule has 0 saturated heterocycles. The zero-order valence-electron chi connectivity index (χ0n) is 9.24. The first-order valence-electron chi connectivity index (χ1n) is 5.40. The van der Waals surface area contributed by atoms with Crippen LogP contribution in [0.1, 0.15) is 25.3 Å². The average molecular weight is 206 g/mol. The monoisotopic (exact) mass is 206 g/mol. The van der Waals surface area contributed by atoms with Gasteiger partial charge in [-0.3, -0.25) is 4.79 Å². The van der Waals surface area contributed by atoms with Crippen molar-refractivity contribution in [3.8, 4) is 0 Å². The second kappa shape index (κ2) is 7.18. The second-order valence-corrected chi connectivity index (χ2v) is 3.65. The second-order valence-electron chi connectivity index (χ2n) is 3.65. The molecule has 1 rings (SSSR count). The molecule has 0 spiro atoms. The van der Waals surface area contributed by atoms with Crippen molar-refractivity contribution in [2.75, 3.05) is 13.2 Å². The largest absolute Gasteiger partial charge is 0.381 e. The van der Waals surface area contributed by atoms with E-state index in [4.69, 9.17) is 4.74 Å². The van der Waals surface area contributed by atoms with Crippen LogP contribution in [0.25, 0.3) is 0 Å². The number of ketones is 1. The molecule has 0 bridgehead atoms. The van der Waals surface area contributed by atoms with Crippen LogP contribution in [-0.2, 0) is 16.0 Å². The number of rotatable bonds is 7. The van der Waals surface area contributed by atoms with Crippen molar-refractivity contribution in [1.82, 2.24) is 0 Å². The predicted octanol–water partition coefficient (Wildman–Crippen LogP) is 2.61. The Morgan fingerprint density at radius 3 is 2.60 bits per heavy atom. The number of carbonyl (C=O) groups excluding carboxylic acids is 1. The van der Waals surface area contributed by atoms with Gasteiger partial charge in [0.15, 0.2) is 0 Å². The van der Waals surface area contributed by atoms with Crippen LogP contribution in [0.3, 0.4) is 0 Å². The number of benzene rings is 1. The van der Waals surface area contributed by atoms with Gasteiger partial charge in [0.1, 0.15) is 5.78 Å². The van der Waals surface area contributed by atoms with E-state index < -0.39 is 0 Å². The lowest BCUT2D eigenvalue weighted by Gasteiger charge is -2.02. The maximum Gasteiger partial charge on any atom is 0.132 e. The van der Waals surface area contributed by atoms with E-state index in [9.17, 15) is 4.79 Å². The summed E-state index contributed by atoms with van der Waals surface area (Å²) in [6.07, 6.45) is 2.59. The van der Waals surface area contributed by atoms with E-state index in [2.05, 4.69) is 12.1 Å². The van der Waals surface area contributed by atoms with Crippen LogP contribution in [0, 0.1) is 0 Å². The van der Waals surface area contributed by atoms with Gasteiger partial charge in [-0.05, 0) is 25.3 Å². The summed E-state index contributed by atoms with van der Waals surface area (Å²) >= 11 is 0. The smallest absolute Gasteiger partial charge is 0.132 e. The van der Waals surface area contributed by atoms with E-state index in [1.54, 1.807) is 6.92 Å². The van der Waals surface area contributed by atoms with Gasteiger partial charge in [0, 0.05) is 13.0 Å². The summed E-state index contributed by atoms with van der Waals surface area (Å²) in [5, 5.41) is 0. The summed E-state index contributed by atoms with van der Waals surface area (Å²) in [7, 11) is 0. The highest BCUT2D eigenvalue weighted by molar-refractivity contribution is 5.75. The number of hydrogen-bond donors (Lipinski definition) is 0. The number of ether oxygens (including phenoxy) is 1. The molecule has 0 radical (unpaired) electrons. The van der Waals surface area contributed by atoms with Crippen molar-refractivity contribution >= 4 is 5.78 Å². The molecular weight excluding hydrogens is 188 g/mol. The van der Waals surface area contributed by atoms with Gasteiger partial charge in [-0.2, -0.15) is 0 Å². The van der Waals surface area contributed by atoms with Crippen molar-refractivity contribution in [2.24, 2.45) is 0 Å². The van der Waals surface area contributed by atoms with E-state index in [1.807, 2.05) is 18.2 Å². The average Bonchev–Trinajstić information content (AvgIpc) is 2.24. The van der Waals surface area contributed by atoms with Crippen LogP contribution in [0.4, 0.5) is 0 Å². The fraction of sp³-hybridized carbons (Fsp3) is 0.462. The maximum absolute atomic E-state index is 10.6. The molecule has 0 amide bonds. The fourth-order valence-corrected chi connectivity index (χ4v) is 1.34. The Hall–Kier alpha value is -1.15. The highest BCUT2D eigenvalue weighted by atomic mass is 16.5. The normalized spacial score (nSPS) is 10.2. The van der Waals surface area contributed by atoms with Crippen LogP contribution < -0.4 is 0 Å². The van der Waals surface area contributed by atoms with Gasteiger partial charge in [-0.25, -0.2) is 0 Å². The van der Waals surface area contributed by atoms with E-state index in [1.165, 1.54) is 5.56 Å². The van der Waals surface area contributed by atoms with E-state index in [0.717, 1.165) is 19.4 Å².